The van der Waals surface area contributed by atoms with E-state index in [1.165, 1.54) is 45.6 Å². The quantitative estimate of drug-likeness (QED) is 0.579. The van der Waals surface area contributed by atoms with Crippen LogP contribution in [0.5, 0.6) is 0 Å². The average Bonchev–Trinajstić information content (AvgIpc) is 2.44. The van der Waals surface area contributed by atoms with Gasteiger partial charge < -0.3 is 5.73 Å². The van der Waals surface area contributed by atoms with Gasteiger partial charge in [0.25, 0.3) is 0 Å². The molecule has 0 radical (unpaired) electrons. The van der Waals surface area contributed by atoms with Crippen molar-refractivity contribution in [2.75, 3.05) is 7.05 Å². The Bertz CT molecular complexity index is 30.4. The van der Waals surface area contributed by atoms with Crippen LogP contribution >= 0.6 is 0 Å². The van der Waals surface area contributed by atoms with Crippen LogP contribution in [-0.2, 0) is 0 Å². The molecule has 0 spiro atoms. The van der Waals surface area contributed by atoms with Crippen LogP contribution in [0.3, 0.4) is 0 Å². The van der Waals surface area contributed by atoms with E-state index in [4.69, 9.17) is 0 Å². The third-order valence-electron chi connectivity index (χ3n) is 1.46. The zero-order chi connectivity index (χ0) is 14.2. The first-order chi connectivity index (χ1) is 7.91. The molecule has 0 aromatic rings. The van der Waals surface area contributed by atoms with Gasteiger partial charge in [0.05, 0.1) is 0 Å². The maximum atomic E-state index is 4.50. The summed E-state index contributed by atoms with van der Waals surface area (Å²) in [5.41, 5.74) is 4.50. The topological polar surface area (TPSA) is 26.0 Å². The smallest absolute Gasteiger partial charge is 0.0195 e. The van der Waals surface area contributed by atoms with Gasteiger partial charge in [0.1, 0.15) is 0 Å². The van der Waals surface area contributed by atoms with E-state index in [0.717, 1.165) is 0 Å². The van der Waals surface area contributed by atoms with E-state index in [2.05, 4.69) is 19.6 Å². The lowest BCUT2D eigenvalue weighted by atomic mass is 10.1. The summed E-state index contributed by atoms with van der Waals surface area (Å²) >= 11 is 0. The van der Waals surface area contributed by atoms with Gasteiger partial charge in [0.2, 0.25) is 0 Å². The maximum Gasteiger partial charge on any atom is -0.0195 e. The fourth-order valence-corrected chi connectivity index (χ4v) is 0.854. The van der Waals surface area contributed by atoms with Crippen molar-refractivity contribution in [3.8, 4) is 0 Å². The fraction of sp³-hybridized carbons (Fsp3) is 1.00. The summed E-state index contributed by atoms with van der Waals surface area (Å²) in [6.45, 7) is 16.5. The highest BCUT2D eigenvalue weighted by Gasteiger charge is 1.83. The molecule has 0 heterocycles. The van der Waals surface area contributed by atoms with Crippen molar-refractivity contribution in [3.05, 3.63) is 0 Å². The lowest BCUT2D eigenvalue weighted by molar-refractivity contribution is 0.624. The minimum Gasteiger partial charge on any atom is -0.333 e. The number of hydrogen-bond donors (Lipinski definition) is 1. The molecule has 0 aliphatic heterocycles. The Hall–Kier alpha value is -0.0400. The first kappa shape index (κ1) is 29.7. The Morgan fingerprint density at radius 1 is 0.500 bits per heavy atom. The first-order valence-electron chi connectivity index (χ1n) is 7.49. The molecule has 0 saturated heterocycles. The second-order valence-corrected chi connectivity index (χ2v) is 2.41. The van der Waals surface area contributed by atoms with Gasteiger partial charge in [0, 0.05) is 0 Å². The number of hydrogen-bond acceptors (Lipinski definition) is 1. The molecule has 0 rings (SSSR count). The van der Waals surface area contributed by atoms with Crippen LogP contribution in [0.15, 0.2) is 0 Å². The molecule has 0 amide bonds. The summed E-state index contributed by atoms with van der Waals surface area (Å²) in [7, 11) is 1.50. The third kappa shape index (κ3) is 95.3. The zero-order valence-electron chi connectivity index (χ0n) is 13.8. The highest BCUT2D eigenvalue weighted by atomic mass is 14.4. The fourth-order valence-electron chi connectivity index (χ4n) is 0.854. The van der Waals surface area contributed by atoms with E-state index in [-0.39, 0.29) is 0 Å². The van der Waals surface area contributed by atoms with E-state index in [1.807, 2.05) is 41.5 Å². The molecule has 0 atom stereocenters. The first-order valence-corrected chi connectivity index (χ1v) is 7.49. The van der Waals surface area contributed by atoms with Gasteiger partial charge in [-0.25, -0.2) is 0 Å². The molecule has 0 unspecified atom stereocenters. The molecule has 16 heavy (non-hydrogen) atoms. The van der Waals surface area contributed by atoms with Crippen molar-refractivity contribution < 1.29 is 0 Å². The van der Waals surface area contributed by atoms with Gasteiger partial charge in [-0.1, -0.05) is 93.9 Å². The molecule has 0 saturated carbocycles. The van der Waals surface area contributed by atoms with Crippen LogP contribution in [0.25, 0.3) is 0 Å². The Morgan fingerprint density at radius 3 is 0.812 bits per heavy atom. The summed E-state index contributed by atoms with van der Waals surface area (Å²) in [6, 6.07) is 0. The van der Waals surface area contributed by atoms with Gasteiger partial charge in [-0.05, 0) is 7.05 Å². The monoisotopic (exact) mass is 235 g/mol. The van der Waals surface area contributed by atoms with Crippen molar-refractivity contribution in [3.63, 3.8) is 0 Å². The molecule has 1 heteroatoms. The normalized spacial score (nSPS) is 6.38. The van der Waals surface area contributed by atoms with Crippen molar-refractivity contribution in [1.82, 2.24) is 0 Å². The van der Waals surface area contributed by atoms with Gasteiger partial charge >= 0.3 is 0 Å². The van der Waals surface area contributed by atoms with Crippen molar-refractivity contribution in [2.24, 2.45) is 5.73 Å². The molecule has 0 aliphatic carbocycles. The molecule has 2 N–H and O–H groups in total. The van der Waals surface area contributed by atoms with Gasteiger partial charge in [0.15, 0.2) is 0 Å². The van der Waals surface area contributed by atoms with Crippen LogP contribution in [0.1, 0.15) is 93.9 Å². The van der Waals surface area contributed by atoms with Crippen LogP contribution < -0.4 is 5.73 Å². The zero-order valence-corrected chi connectivity index (χ0v) is 13.8. The Morgan fingerprint density at radius 2 is 0.688 bits per heavy atom. The summed E-state index contributed by atoms with van der Waals surface area (Å²) in [6.07, 6.45) is 8.49. The van der Waals surface area contributed by atoms with E-state index in [1.54, 1.807) is 0 Å². The molecule has 0 aromatic heterocycles. The molecule has 0 fully saturated rings. The largest absolute Gasteiger partial charge is 0.333 e. The second-order valence-electron chi connectivity index (χ2n) is 2.41. The molecular formula is C15H41N. The highest BCUT2D eigenvalue weighted by molar-refractivity contribution is 4.39. The molecule has 0 aromatic carbocycles. The third-order valence-corrected chi connectivity index (χ3v) is 1.46. The van der Waals surface area contributed by atoms with Crippen LogP contribution in [0.4, 0.5) is 0 Å². The minimum absolute atomic E-state index is 1.36. The lowest BCUT2D eigenvalue weighted by Gasteiger charge is -1.93. The van der Waals surface area contributed by atoms with Crippen LogP contribution in [0.2, 0.25) is 0 Å². The van der Waals surface area contributed by atoms with Crippen molar-refractivity contribution in [2.45, 2.75) is 93.9 Å². The lowest BCUT2D eigenvalue weighted by Crippen LogP contribution is -1.73. The van der Waals surface area contributed by atoms with E-state index >= 15 is 0 Å². The van der Waals surface area contributed by atoms with Gasteiger partial charge in [-0.15, -0.1) is 0 Å². The molecule has 0 bridgehead atoms. The molecule has 0 aliphatic rings. The Balaban J connectivity index is -0.0000000426. The van der Waals surface area contributed by atoms with Crippen LogP contribution in [0, 0.1) is 0 Å². The minimum atomic E-state index is 1.36. The van der Waals surface area contributed by atoms with E-state index < -0.39 is 0 Å². The summed E-state index contributed by atoms with van der Waals surface area (Å²) in [4.78, 5) is 0. The Labute approximate surface area is 107 Å². The average molecular weight is 235 g/mol. The van der Waals surface area contributed by atoms with Crippen molar-refractivity contribution in [1.29, 1.82) is 0 Å². The number of rotatable bonds is 5. The summed E-state index contributed by atoms with van der Waals surface area (Å²) < 4.78 is 0. The number of unbranched alkanes of at least 4 members (excludes halogenated alkanes) is 5. The van der Waals surface area contributed by atoms with Crippen LogP contribution in [-0.4, -0.2) is 7.05 Å². The molecule has 1 nitrogen and oxygen atoms in total. The number of nitrogens with two attached hydrogens (primary N) is 1. The molecule has 106 valence electrons. The standard InChI is InChI=1S/C8H18.3C2H6.CH5N/c1-3-5-7-8-6-4-2;4*1-2/h3-8H2,1-2H3;3*1-2H3;2H2,1H3. The Kier molecular flexibility index (Phi) is 153. The van der Waals surface area contributed by atoms with Gasteiger partial charge in [-0.2, -0.15) is 0 Å². The summed E-state index contributed by atoms with van der Waals surface area (Å²) in [5.74, 6) is 0. The predicted octanol–water partition coefficient (Wildman–Crippen LogP) is 6.02. The van der Waals surface area contributed by atoms with E-state index in [9.17, 15) is 0 Å². The predicted molar refractivity (Wildman–Crippen MR) is 83.2 cm³/mol. The molecular weight excluding hydrogens is 194 g/mol. The summed E-state index contributed by atoms with van der Waals surface area (Å²) in [5, 5.41) is 0. The highest BCUT2D eigenvalue weighted by Crippen LogP contribution is 2.03. The SMILES string of the molecule is CC.CC.CC.CCCCCCCC.CN. The van der Waals surface area contributed by atoms with Crippen molar-refractivity contribution >= 4 is 0 Å². The van der Waals surface area contributed by atoms with E-state index in [0.29, 0.717) is 0 Å². The van der Waals surface area contributed by atoms with Gasteiger partial charge in [-0.3, -0.25) is 0 Å². The maximum absolute atomic E-state index is 4.50. The second kappa shape index (κ2) is 82.1.